The SMILES string of the molecule is COCCn1c(CBr)nnc1C1CCC(C(C)(C)C)CC1. The summed E-state index contributed by atoms with van der Waals surface area (Å²) in [4.78, 5) is 0. The maximum Gasteiger partial charge on any atom is 0.143 e. The number of nitrogens with zero attached hydrogens (tertiary/aromatic N) is 3. The van der Waals surface area contributed by atoms with E-state index in [1.54, 1.807) is 7.11 Å². The van der Waals surface area contributed by atoms with Crippen molar-refractivity contribution in [3.8, 4) is 0 Å². The summed E-state index contributed by atoms with van der Waals surface area (Å²) in [7, 11) is 1.74. The first-order valence-corrected chi connectivity index (χ1v) is 9.06. The van der Waals surface area contributed by atoms with Gasteiger partial charge in [-0.2, -0.15) is 0 Å². The van der Waals surface area contributed by atoms with Gasteiger partial charge >= 0.3 is 0 Å². The van der Waals surface area contributed by atoms with Crippen molar-refractivity contribution in [3.63, 3.8) is 0 Å². The lowest BCUT2D eigenvalue weighted by Crippen LogP contribution is -2.26. The Kier molecular flexibility index (Phi) is 5.83. The molecule has 0 atom stereocenters. The number of hydrogen-bond acceptors (Lipinski definition) is 3. The van der Waals surface area contributed by atoms with Crippen molar-refractivity contribution >= 4 is 15.9 Å². The zero-order valence-electron chi connectivity index (χ0n) is 13.7. The number of aromatic nitrogens is 3. The number of rotatable bonds is 5. The lowest BCUT2D eigenvalue weighted by molar-refractivity contribution is 0.162. The summed E-state index contributed by atoms with van der Waals surface area (Å²) < 4.78 is 7.48. The first-order chi connectivity index (χ1) is 9.97. The molecule has 0 bridgehead atoms. The Labute approximate surface area is 136 Å². The van der Waals surface area contributed by atoms with Gasteiger partial charge < -0.3 is 9.30 Å². The molecule has 1 aromatic heterocycles. The van der Waals surface area contributed by atoms with Crippen LogP contribution in [0.25, 0.3) is 0 Å². The van der Waals surface area contributed by atoms with Crippen molar-refractivity contribution in [3.05, 3.63) is 11.6 Å². The van der Waals surface area contributed by atoms with Gasteiger partial charge in [0.25, 0.3) is 0 Å². The molecule has 1 fully saturated rings. The first kappa shape index (κ1) is 16.9. The zero-order chi connectivity index (χ0) is 15.5. The van der Waals surface area contributed by atoms with Crippen molar-refractivity contribution in [2.45, 2.75) is 64.2 Å². The van der Waals surface area contributed by atoms with Gasteiger partial charge in [-0.3, -0.25) is 0 Å². The molecule has 1 heterocycles. The van der Waals surface area contributed by atoms with Crippen molar-refractivity contribution < 1.29 is 4.74 Å². The fraction of sp³-hybridized carbons (Fsp3) is 0.875. The van der Waals surface area contributed by atoms with Crippen molar-refractivity contribution in [2.24, 2.45) is 11.3 Å². The average molecular weight is 358 g/mol. The molecule has 0 amide bonds. The van der Waals surface area contributed by atoms with Gasteiger partial charge in [0.1, 0.15) is 11.6 Å². The summed E-state index contributed by atoms with van der Waals surface area (Å²) in [5.74, 6) is 3.56. The molecule has 0 spiro atoms. The van der Waals surface area contributed by atoms with E-state index in [1.807, 2.05) is 0 Å². The third-order valence-electron chi connectivity index (χ3n) is 4.81. The second-order valence-electron chi connectivity index (χ2n) is 7.17. The molecule has 21 heavy (non-hydrogen) atoms. The summed E-state index contributed by atoms with van der Waals surface area (Å²) in [6, 6.07) is 0. The second kappa shape index (κ2) is 7.23. The van der Waals surface area contributed by atoms with Crippen LogP contribution in [0.4, 0.5) is 0 Å². The van der Waals surface area contributed by atoms with E-state index in [0.717, 1.165) is 29.4 Å². The smallest absolute Gasteiger partial charge is 0.143 e. The maximum atomic E-state index is 5.23. The molecular formula is C16H28BrN3O. The molecule has 1 aliphatic rings. The molecule has 0 aromatic carbocycles. The molecule has 5 heteroatoms. The number of hydrogen-bond donors (Lipinski definition) is 0. The van der Waals surface area contributed by atoms with Crippen LogP contribution in [-0.2, 0) is 16.6 Å². The number of methoxy groups -OCH3 is 1. The molecular weight excluding hydrogens is 330 g/mol. The highest BCUT2D eigenvalue weighted by atomic mass is 79.9. The minimum atomic E-state index is 0.426. The Morgan fingerprint density at radius 2 is 1.86 bits per heavy atom. The maximum absolute atomic E-state index is 5.23. The van der Waals surface area contributed by atoms with Crippen LogP contribution in [0, 0.1) is 11.3 Å². The summed E-state index contributed by atoms with van der Waals surface area (Å²) in [6.45, 7) is 8.65. The molecule has 4 nitrogen and oxygen atoms in total. The number of halogens is 1. The molecule has 0 radical (unpaired) electrons. The van der Waals surface area contributed by atoms with Crippen LogP contribution in [0.3, 0.4) is 0 Å². The van der Waals surface area contributed by atoms with Crippen molar-refractivity contribution in [2.75, 3.05) is 13.7 Å². The molecule has 1 saturated carbocycles. The molecule has 1 aliphatic carbocycles. The van der Waals surface area contributed by atoms with Gasteiger partial charge in [-0.1, -0.05) is 36.7 Å². The Morgan fingerprint density at radius 1 is 1.19 bits per heavy atom. The van der Waals surface area contributed by atoms with Crippen LogP contribution in [0.15, 0.2) is 0 Å². The molecule has 0 aliphatic heterocycles. The van der Waals surface area contributed by atoms with Crippen LogP contribution in [0.1, 0.15) is 64.0 Å². The van der Waals surface area contributed by atoms with E-state index < -0.39 is 0 Å². The lowest BCUT2D eigenvalue weighted by Gasteiger charge is -2.36. The van der Waals surface area contributed by atoms with E-state index in [1.165, 1.54) is 25.7 Å². The van der Waals surface area contributed by atoms with Crippen LogP contribution >= 0.6 is 15.9 Å². The van der Waals surface area contributed by atoms with E-state index >= 15 is 0 Å². The van der Waals surface area contributed by atoms with E-state index in [0.29, 0.717) is 17.9 Å². The van der Waals surface area contributed by atoms with Gasteiger partial charge in [0, 0.05) is 19.6 Å². The van der Waals surface area contributed by atoms with E-state index in [9.17, 15) is 0 Å². The van der Waals surface area contributed by atoms with E-state index in [4.69, 9.17) is 4.74 Å². The van der Waals surface area contributed by atoms with Gasteiger partial charge in [0.05, 0.1) is 11.9 Å². The number of alkyl halides is 1. The molecule has 1 aromatic rings. The van der Waals surface area contributed by atoms with Crippen molar-refractivity contribution in [1.29, 1.82) is 0 Å². The quantitative estimate of drug-likeness (QED) is 0.743. The largest absolute Gasteiger partial charge is 0.383 e. The summed E-state index contributed by atoms with van der Waals surface area (Å²) in [6.07, 6.45) is 5.06. The first-order valence-electron chi connectivity index (χ1n) is 7.94. The third-order valence-corrected chi connectivity index (χ3v) is 5.31. The van der Waals surface area contributed by atoms with E-state index in [2.05, 4.69) is 51.5 Å². The van der Waals surface area contributed by atoms with Gasteiger partial charge in [0.15, 0.2) is 0 Å². The fourth-order valence-corrected chi connectivity index (χ4v) is 3.81. The summed E-state index contributed by atoms with van der Waals surface area (Å²) in [5.41, 5.74) is 0.426. The Bertz CT molecular complexity index is 445. The van der Waals surface area contributed by atoms with Gasteiger partial charge in [0.2, 0.25) is 0 Å². The highest BCUT2D eigenvalue weighted by molar-refractivity contribution is 9.08. The zero-order valence-corrected chi connectivity index (χ0v) is 15.3. The molecule has 0 N–H and O–H groups in total. The number of ether oxygens (including phenoxy) is 1. The lowest BCUT2D eigenvalue weighted by atomic mass is 9.69. The Morgan fingerprint density at radius 3 is 2.38 bits per heavy atom. The van der Waals surface area contributed by atoms with Gasteiger partial charge in [-0.25, -0.2) is 0 Å². The van der Waals surface area contributed by atoms with Crippen molar-refractivity contribution in [1.82, 2.24) is 14.8 Å². The standard InChI is InChI=1S/C16H28BrN3O/c1-16(2,3)13-7-5-12(6-8-13)15-19-18-14(11-17)20(15)9-10-21-4/h12-13H,5-11H2,1-4H3. The highest BCUT2D eigenvalue weighted by Gasteiger charge is 2.32. The van der Waals surface area contributed by atoms with Crippen LogP contribution in [0.5, 0.6) is 0 Å². The highest BCUT2D eigenvalue weighted by Crippen LogP contribution is 2.42. The third kappa shape index (κ3) is 4.07. The summed E-state index contributed by atoms with van der Waals surface area (Å²) in [5, 5.41) is 9.57. The van der Waals surface area contributed by atoms with Crippen LogP contribution in [0.2, 0.25) is 0 Å². The van der Waals surface area contributed by atoms with Gasteiger partial charge in [-0.15, -0.1) is 10.2 Å². The fourth-order valence-electron chi connectivity index (χ4n) is 3.39. The normalized spacial score (nSPS) is 23.5. The monoisotopic (exact) mass is 357 g/mol. The molecule has 0 saturated heterocycles. The average Bonchev–Trinajstić information content (AvgIpc) is 2.87. The van der Waals surface area contributed by atoms with Gasteiger partial charge in [-0.05, 0) is 37.0 Å². The second-order valence-corrected chi connectivity index (χ2v) is 7.73. The molecule has 2 rings (SSSR count). The van der Waals surface area contributed by atoms with E-state index in [-0.39, 0.29) is 0 Å². The molecule has 120 valence electrons. The predicted molar refractivity (Wildman–Crippen MR) is 88.7 cm³/mol. The minimum absolute atomic E-state index is 0.426. The summed E-state index contributed by atoms with van der Waals surface area (Å²) >= 11 is 3.51. The Balaban J connectivity index is 2.07. The Hall–Kier alpha value is -0.420. The molecule has 0 unspecified atom stereocenters. The predicted octanol–water partition coefficient (Wildman–Crippen LogP) is 4.14. The van der Waals surface area contributed by atoms with Crippen LogP contribution in [-0.4, -0.2) is 28.5 Å². The van der Waals surface area contributed by atoms with Crippen LogP contribution < -0.4 is 0 Å². The topological polar surface area (TPSA) is 39.9 Å². The minimum Gasteiger partial charge on any atom is -0.383 e.